The molecule has 2 aromatic heterocycles. The molecule has 0 radical (unpaired) electrons. The number of rotatable bonds is 8. The van der Waals surface area contributed by atoms with Crippen LogP contribution >= 0.6 is 11.8 Å². The van der Waals surface area contributed by atoms with Crippen LogP contribution in [0.1, 0.15) is 33.4 Å². The summed E-state index contributed by atoms with van der Waals surface area (Å²) in [6.45, 7) is 5.17. The highest BCUT2D eigenvalue weighted by molar-refractivity contribution is 7.99. The second-order valence-corrected chi connectivity index (χ2v) is 10.0. The molecule has 34 heavy (non-hydrogen) atoms. The lowest BCUT2D eigenvalue weighted by Crippen LogP contribution is -2.44. The summed E-state index contributed by atoms with van der Waals surface area (Å²) in [5.41, 5.74) is 5.66. The Morgan fingerprint density at radius 1 is 1.32 bits per heavy atom. The van der Waals surface area contributed by atoms with E-state index < -0.39 is 48.2 Å². The van der Waals surface area contributed by atoms with E-state index >= 15 is 0 Å². The molecule has 0 unspecified atom stereocenters. The van der Waals surface area contributed by atoms with Gasteiger partial charge in [0.25, 0.3) is 0 Å². The zero-order chi connectivity index (χ0) is 25.0. The van der Waals surface area contributed by atoms with Crippen LogP contribution < -0.4 is 11.1 Å². The summed E-state index contributed by atoms with van der Waals surface area (Å²) >= 11 is 1.41. The van der Waals surface area contributed by atoms with Crippen molar-refractivity contribution >= 4 is 40.7 Å². The van der Waals surface area contributed by atoms with Gasteiger partial charge in [0, 0.05) is 11.9 Å². The Hall–Kier alpha value is -2.61. The van der Waals surface area contributed by atoms with Gasteiger partial charge in [-0.3, -0.25) is 0 Å². The largest absolute Gasteiger partial charge is 0.467 e. The number of ether oxygens (including phenoxy) is 3. The summed E-state index contributed by atoms with van der Waals surface area (Å²) in [4.78, 5) is 32.2. The first-order chi connectivity index (χ1) is 16.0. The first-order valence-corrected chi connectivity index (χ1v) is 11.9. The van der Waals surface area contributed by atoms with Crippen molar-refractivity contribution in [3.8, 4) is 0 Å². The fraction of sp³-hybridized carbons (Fsp3) is 0.619. The highest BCUT2D eigenvalue weighted by Crippen LogP contribution is 2.34. The number of aliphatic hydroxyl groups excluding tert-OH is 2. The molecule has 1 fully saturated rings. The number of thioether (sulfide) groups is 1. The predicted molar refractivity (Wildman–Crippen MR) is 125 cm³/mol. The Morgan fingerprint density at radius 3 is 2.74 bits per heavy atom. The molecule has 0 saturated carbocycles. The maximum atomic E-state index is 12.0. The van der Waals surface area contributed by atoms with Gasteiger partial charge < -0.3 is 40.0 Å². The molecule has 1 aliphatic rings. The summed E-state index contributed by atoms with van der Waals surface area (Å²) in [7, 11) is 1.24. The van der Waals surface area contributed by atoms with Crippen LogP contribution in [0.2, 0.25) is 0 Å². The molecule has 1 aliphatic heterocycles. The molecule has 0 aromatic carbocycles. The summed E-state index contributed by atoms with van der Waals surface area (Å²) in [5.74, 6) is 0.536. The monoisotopic (exact) mass is 497 g/mol. The Balaban J connectivity index is 1.55. The number of carbonyl (C=O) groups is 2. The number of methoxy groups -OCH3 is 1. The summed E-state index contributed by atoms with van der Waals surface area (Å²) in [6.07, 6.45) is -1.22. The first-order valence-electron chi connectivity index (χ1n) is 10.8. The van der Waals surface area contributed by atoms with Crippen molar-refractivity contribution in [2.45, 2.75) is 63.4 Å². The number of nitrogen functional groups attached to an aromatic ring is 1. The summed E-state index contributed by atoms with van der Waals surface area (Å²) in [6, 6.07) is 0.844. The number of amides is 1. The number of carbonyl (C=O) groups excluding carboxylic acids is 2. The third-order valence-electron chi connectivity index (χ3n) is 5.16. The summed E-state index contributed by atoms with van der Waals surface area (Å²) in [5, 5.41) is 24.2. The Bertz CT molecular complexity index is 1010. The molecule has 0 spiro atoms. The molecule has 1 saturated heterocycles. The Kier molecular flexibility index (Phi) is 8.23. The van der Waals surface area contributed by atoms with Gasteiger partial charge >= 0.3 is 12.1 Å². The molecule has 2 aromatic rings. The van der Waals surface area contributed by atoms with Gasteiger partial charge in [-0.15, -0.1) is 0 Å². The average molecular weight is 498 g/mol. The second-order valence-electron chi connectivity index (χ2n) is 8.85. The quantitative estimate of drug-likeness (QED) is 0.301. The number of alkyl carbamates (subject to hydrolysis) is 1. The number of fused-ring (bicyclic) bond motifs is 1. The minimum absolute atomic E-state index is 0.282. The highest BCUT2D eigenvalue weighted by Gasteiger charge is 2.44. The van der Waals surface area contributed by atoms with Crippen molar-refractivity contribution in [1.29, 1.82) is 0 Å². The van der Waals surface area contributed by atoms with Crippen LogP contribution in [0, 0.1) is 0 Å². The van der Waals surface area contributed by atoms with E-state index in [-0.39, 0.29) is 6.42 Å². The maximum absolute atomic E-state index is 12.0. The molecule has 3 rings (SSSR count). The average Bonchev–Trinajstić information content (AvgIpc) is 3.31. The lowest BCUT2D eigenvalue weighted by atomic mass is 10.1. The molecule has 188 valence electrons. The van der Waals surface area contributed by atoms with Gasteiger partial charge in [0.05, 0.1) is 18.6 Å². The number of nitrogens with two attached hydrogens (primary N) is 1. The van der Waals surface area contributed by atoms with E-state index in [1.54, 1.807) is 37.6 Å². The van der Waals surface area contributed by atoms with Crippen LogP contribution in [0.5, 0.6) is 0 Å². The van der Waals surface area contributed by atoms with Crippen molar-refractivity contribution in [3.05, 3.63) is 18.6 Å². The van der Waals surface area contributed by atoms with Gasteiger partial charge in [-0.25, -0.2) is 19.6 Å². The van der Waals surface area contributed by atoms with Gasteiger partial charge in [-0.05, 0) is 39.0 Å². The topological polar surface area (TPSA) is 171 Å². The van der Waals surface area contributed by atoms with E-state index in [1.807, 2.05) is 0 Å². The molecular weight excluding hydrogens is 466 g/mol. The molecule has 5 atom stereocenters. The third-order valence-corrected chi connectivity index (χ3v) is 6.25. The molecule has 0 bridgehead atoms. The number of hydrogen-bond donors (Lipinski definition) is 4. The van der Waals surface area contributed by atoms with Crippen LogP contribution in [0.3, 0.4) is 0 Å². The maximum Gasteiger partial charge on any atom is 0.408 e. The molecule has 0 aliphatic carbocycles. The molecule has 5 N–H and O–H groups in total. The van der Waals surface area contributed by atoms with Crippen molar-refractivity contribution in [2.24, 2.45) is 0 Å². The van der Waals surface area contributed by atoms with Crippen LogP contribution in [0.25, 0.3) is 11.0 Å². The first kappa shape index (κ1) is 26.0. The van der Waals surface area contributed by atoms with Crippen LogP contribution in [0.4, 0.5) is 10.6 Å². The minimum Gasteiger partial charge on any atom is -0.467 e. The van der Waals surface area contributed by atoms with Crippen molar-refractivity contribution in [1.82, 2.24) is 19.9 Å². The van der Waals surface area contributed by atoms with Crippen LogP contribution in [-0.2, 0) is 19.0 Å². The van der Waals surface area contributed by atoms with Crippen molar-refractivity contribution in [2.75, 3.05) is 24.3 Å². The van der Waals surface area contributed by atoms with Gasteiger partial charge in [-0.1, -0.05) is 0 Å². The fourth-order valence-electron chi connectivity index (χ4n) is 3.53. The van der Waals surface area contributed by atoms with E-state index in [0.29, 0.717) is 28.4 Å². The lowest BCUT2D eigenvalue weighted by Gasteiger charge is -2.22. The number of hydrogen-bond acceptors (Lipinski definition) is 11. The van der Waals surface area contributed by atoms with Crippen molar-refractivity contribution < 1.29 is 34.0 Å². The fourth-order valence-corrected chi connectivity index (χ4v) is 4.61. The molecule has 12 nitrogen and oxygen atoms in total. The number of aliphatic hydroxyl groups is 2. The van der Waals surface area contributed by atoms with Gasteiger partial charge in [0.2, 0.25) is 0 Å². The van der Waals surface area contributed by atoms with Gasteiger partial charge in [-0.2, -0.15) is 11.8 Å². The van der Waals surface area contributed by atoms with E-state index in [1.165, 1.54) is 25.2 Å². The van der Waals surface area contributed by atoms with Gasteiger partial charge in [0.15, 0.2) is 6.23 Å². The number of anilines is 1. The minimum atomic E-state index is -1.17. The number of aromatic nitrogens is 3. The van der Waals surface area contributed by atoms with E-state index in [2.05, 4.69) is 15.3 Å². The second kappa shape index (κ2) is 10.8. The number of nitrogens with one attached hydrogen (secondary N) is 1. The molecule has 3 heterocycles. The smallest absolute Gasteiger partial charge is 0.408 e. The number of nitrogens with zero attached hydrogens (tertiary/aromatic N) is 3. The third kappa shape index (κ3) is 6.09. The highest BCUT2D eigenvalue weighted by atomic mass is 32.2. The lowest BCUT2D eigenvalue weighted by molar-refractivity contribution is -0.143. The standard InChI is InChI=1S/C21H31N5O7S/c1-21(2,3)33-20(30)25-12(19(29)31-4)6-8-34-9-13-14(27)15(28)18(32-13)26-7-5-11-16(22)23-10-24-17(11)26/h5,7,10,12-15,18,27-28H,6,8-9H2,1-4H3,(H,25,30)(H2,22,23,24)/t12-,13+,14+,15+,18+/m0/s1. The zero-order valence-electron chi connectivity index (χ0n) is 19.5. The Labute approximate surface area is 201 Å². The molecular formula is C21H31N5O7S. The van der Waals surface area contributed by atoms with E-state index in [0.717, 1.165) is 0 Å². The molecule has 13 heteroatoms. The van der Waals surface area contributed by atoms with Crippen LogP contribution in [0.15, 0.2) is 18.6 Å². The molecule has 1 amide bonds. The zero-order valence-corrected chi connectivity index (χ0v) is 20.3. The number of esters is 1. The SMILES string of the molecule is COC(=O)[C@H](CCSC[C@H]1O[C@@H](n2ccc3c(N)ncnc32)[C@H](O)[C@@H]1O)NC(=O)OC(C)(C)C. The van der Waals surface area contributed by atoms with E-state index in [4.69, 9.17) is 19.9 Å². The Morgan fingerprint density at radius 2 is 2.06 bits per heavy atom. The van der Waals surface area contributed by atoms with Crippen LogP contribution in [-0.4, -0.2) is 85.4 Å². The predicted octanol–water partition coefficient (Wildman–Crippen LogP) is 0.822. The van der Waals surface area contributed by atoms with Gasteiger partial charge in [0.1, 0.15) is 41.6 Å². The van der Waals surface area contributed by atoms with Crippen molar-refractivity contribution in [3.63, 3.8) is 0 Å². The normalized spacial score (nSPS) is 23.6. The summed E-state index contributed by atoms with van der Waals surface area (Å²) < 4.78 is 17.5. The van der Waals surface area contributed by atoms with E-state index in [9.17, 15) is 19.8 Å².